The quantitative estimate of drug-likeness (QED) is 0.631. The molecule has 0 aliphatic rings. The van der Waals surface area contributed by atoms with Gasteiger partial charge in [0.25, 0.3) is 0 Å². The summed E-state index contributed by atoms with van der Waals surface area (Å²) in [5, 5.41) is 0. The summed E-state index contributed by atoms with van der Waals surface area (Å²) in [5.74, 6) is 1.01. The molecule has 0 aliphatic carbocycles. The number of carbonyl (C=O) groups excluding carboxylic acids is 1. The van der Waals surface area contributed by atoms with Crippen molar-refractivity contribution in [2.24, 2.45) is 0 Å². The van der Waals surface area contributed by atoms with Crippen LogP contribution in [0.4, 0.5) is 0 Å². The maximum absolute atomic E-state index is 10.8. The summed E-state index contributed by atoms with van der Waals surface area (Å²) < 4.78 is 0.227. The van der Waals surface area contributed by atoms with Crippen LogP contribution in [0.2, 0.25) is 0 Å². The van der Waals surface area contributed by atoms with Gasteiger partial charge < -0.3 is 0 Å². The topological polar surface area (TPSA) is 17.1 Å². The van der Waals surface area contributed by atoms with Gasteiger partial charge in [-0.25, -0.2) is 0 Å². The minimum atomic E-state index is 0.227. The van der Waals surface area contributed by atoms with E-state index in [0.717, 1.165) is 0 Å². The molecule has 0 saturated carbocycles. The van der Waals surface area contributed by atoms with Gasteiger partial charge in [0, 0.05) is 11.2 Å². The van der Waals surface area contributed by atoms with Gasteiger partial charge in [0.2, 0.25) is 0 Å². The second kappa shape index (κ2) is 4.02. The molecular formula is C8H16OS. The number of thioether (sulfide) groups is 1. The molecule has 0 aromatic rings. The fourth-order valence-electron chi connectivity index (χ4n) is 0.399. The number of hydrogen-bond donors (Lipinski definition) is 0. The third kappa shape index (κ3) is 6.14. The molecule has 0 spiro atoms. The number of Topliss-reactive ketones (excluding diaryl/α,β-unsaturated/α-hetero) is 1. The molecule has 0 unspecified atom stereocenters. The minimum absolute atomic E-state index is 0.227. The van der Waals surface area contributed by atoms with Gasteiger partial charge in [-0.05, 0) is 0 Å². The van der Waals surface area contributed by atoms with Crippen molar-refractivity contribution < 1.29 is 4.79 Å². The molecule has 60 valence electrons. The van der Waals surface area contributed by atoms with Crippen molar-refractivity contribution in [3.05, 3.63) is 0 Å². The summed E-state index contributed by atoms with van der Waals surface area (Å²) in [5.41, 5.74) is 0. The summed E-state index contributed by atoms with van der Waals surface area (Å²) >= 11 is 1.72. The van der Waals surface area contributed by atoms with Gasteiger partial charge in [-0.2, -0.15) is 0 Å². The largest absolute Gasteiger partial charge is 0.299 e. The molecule has 0 fully saturated rings. The van der Waals surface area contributed by atoms with Gasteiger partial charge in [0.15, 0.2) is 0 Å². The number of carbonyl (C=O) groups is 1. The van der Waals surface area contributed by atoms with Gasteiger partial charge in [-0.1, -0.05) is 27.7 Å². The molecule has 10 heavy (non-hydrogen) atoms. The zero-order chi connectivity index (χ0) is 8.20. The molecule has 0 aromatic carbocycles. The highest BCUT2D eigenvalue weighted by atomic mass is 32.2. The second-order valence-electron chi connectivity index (χ2n) is 3.29. The van der Waals surface area contributed by atoms with Gasteiger partial charge in [-0.3, -0.25) is 4.79 Å². The zero-order valence-corrected chi connectivity index (χ0v) is 8.05. The lowest BCUT2D eigenvalue weighted by Gasteiger charge is -2.16. The van der Waals surface area contributed by atoms with Crippen LogP contribution in [0.1, 0.15) is 34.1 Å². The van der Waals surface area contributed by atoms with Crippen LogP contribution in [-0.4, -0.2) is 16.3 Å². The zero-order valence-electron chi connectivity index (χ0n) is 7.23. The molecule has 0 saturated heterocycles. The fraction of sp³-hybridized carbons (Fsp3) is 0.875. The minimum Gasteiger partial charge on any atom is -0.299 e. The Kier molecular flexibility index (Phi) is 4.02. The molecule has 0 bridgehead atoms. The Balaban J connectivity index is 3.46. The summed E-state index contributed by atoms with van der Waals surface area (Å²) in [6, 6.07) is 0. The van der Waals surface area contributed by atoms with E-state index in [1.807, 2.05) is 6.92 Å². The standard InChI is InChI=1S/C8H16OS/c1-5-7(9)6-10-8(2,3)4/h5-6H2,1-4H3. The van der Waals surface area contributed by atoms with E-state index in [4.69, 9.17) is 0 Å². The van der Waals surface area contributed by atoms with Crippen molar-refractivity contribution in [1.29, 1.82) is 0 Å². The highest BCUT2D eigenvalue weighted by Gasteiger charge is 2.11. The Morgan fingerprint density at radius 1 is 1.40 bits per heavy atom. The van der Waals surface area contributed by atoms with E-state index in [1.165, 1.54) is 0 Å². The normalized spacial score (nSPS) is 11.6. The smallest absolute Gasteiger partial charge is 0.142 e. The van der Waals surface area contributed by atoms with E-state index < -0.39 is 0 Å². The highest BCUT2D eigenvalue weighted by Crippen LogP contribution is 2.22. The summed E-state index contributed by atoms with van der Waals surface area (Å²) in [6.45, 7) is 8.29. The van der Waals surface area contributed by atoms with Crippen molar-refractivity contribution in [3.63, 3.8) is 0 Å². The third-order valence-corrected chi connectivity index (χ3v) is 2.39. The molecule has 0 N–H and O–H groups in total. The number of ketones is 1. The van der Waals surface area contributed by atoms with Crippen LogP contribution < -0.4 is 0 Å². The predicted octanol–water partition coefficient (Wildman–Crippen LogP) is 2.50. The Bertz CT molecular complexity index is 113. The second-order valence-corrected chi connectivity index (χ2v) is 5.10. The lowest BCUT2D eigenvalue weighted by molar-refractivity contribution is -0.116. The van der Waals surface area contributed by atoms with E-state index in [-0.39, 0.29) is 4.75 Å². The van der Waals surface area contributed by atoms with E-state index in [9.17, 15) is 4.79 Å². The average Bonchev–Trinajstić information content (AvgIpc) is 1.81. The van der Waals surface area contributed by atoms with Crippen LogP contribution in [0.15, 0.2) is 0 Å². The molecule has 2 heteroatoms. The van der Waals surface area contributed by atoms with Gasteiger partial charge >= 0.3 is 0 Å². The SMILES string of the molecule is CCC(=O)CSC(C)(C)C. The van der Waals surface area contributed by atoms with Crippen LogP contribution in [0, 0.1) is 0 Å². The van der Waals surface area contributed by atoms with Gasteiger partial charge in [-0.15, -0.1) is 11.8 Å². The van der Waals surface area contributed by atoms with E-state index in [2.05, 4.69) is 20.8 Å². The molecule has 0 aliphatic heterocycles. The van der Waals surface area contributed by atoms with E-state index in [1.54, 1.807) is 11.8 Å². The Labute approximate surface area is 67.6 Å². The highest BCUT2D eigenvalue weighted by molar-refractivity contribution is 8.01. The first-order chi connectivity index (χ1) is 4.45. The van der Waals surface area contributed by atoms with Crippen LogP contribution >= 0.6 is 11.8 Å². The molecule has 0 radical (unpaired) electrons. The van der Waals surface area contributed by atoms with Crippen molar-refractivity contribution in [3.8, 4) is 0 Å². The molecule has 0 amide bonds. The van der Waals surface area contributed by atoms with Gasteiger partial charge in [0.05, 0.1) is 5.75 Å². The summed E-state index contributed by atoms with van der Waals surface area (Å²) in [4.78, 5) is 10.8. The van der Waals surface area contributed by atoms with Crippen molar-refractivity contribution in [2.75, 3.05) is 5.75 Å². The first kappa shape index (κ1) is 10.0. The molecule has 0 atom stereocenters. The lowest BCUT2D eigenvalue weighted by atomic mass is 10.3. The van der Waals surface area contributed by atoms with Crippen LogP contribution in [0.5, 0.6) is 0 Å². The Morgan fingerprint density at radius 2 is 1.90 bits per heavy atom. The van der Waals surface area contributed by atoms with Crippen LogP contribution in [0.25, 0.3) is 0 Å². The lowest BCUT2D eigenvalue weighted by Crippen LogP contribution is -2.12. The first-order valence-corrected chi connectivity index (χ1v) is 4.60. The maximum Gasteiger partial charge on any atom is 0.142 e. The molecule has 0 heterocycles. The van der Waals surface area contributed by atoms with E-state index in [0.29, 0.717) is 18.0 Å². The monoisotopic (exact) mass is 160 g/mol. The van der Waals surface area contributed by atoms with Crippen molar-refractivity contribution in [2.45, 2.75) is 38.9 Å². The molecular weight excluding hydrogens is 144 g/mol. The third-order valence-electron chi connectivity index (χ3n) is 1.06. The van der Waals surface area contributed by atoms with Crippen molar-refractivity contribution in [1.82, 2.24) is 0 Å². The van der Waals surface area contributed by atoms with Gasteiger partial charge in [0.1, 0.15) is 5.78 Å². The maximum atomic E-state index is 10.8. The molecule has 1 nitrogen and oxygen atoms in total. The van der Waals surface area contributed by atoms with Crippen LogP contribution in [0.3, 0.4) is 0 Å². The van der Waals surface area contributed by atoms with E-state index >= 15 is 0 Å². The first-order valence-electron chi connectivity index (χ1n) is 3.61. The number of rotatable bonds is 3. The Hall–Kier alpha value is 0.0200. The number of hydrogen-bond acceptors (Lipinski definition) is 2. The molecule has 0 aromatic heterocycles. The fourth-order valence-corrected chi connectivity index (χ4v) is 1.20. The molecule has 0 rings (SSSR count). The predicted molar refractivity (Wildman–Crippen MR) is 47.5 cm³/mol. The van der Waals surface area contributed by atoms with Crippen molar-refractivity contribution >= 4 is 17.5 Å². The summed E-state index contributed by atoms with van der Waals surface area (Å²) in [7, 11) is 0. The Morgan fingerprint density at radius 3 is 2.20 bits per heavy atom. The summed E-state index contributed by atoms with van der Waals surface area (Å²) in [6.07, 6.45) is 0.670. The van der Waals surface area contributed by atoms with Crippen LogP contribution in [-0.2, 0) is 4.79 Å². The average molecular weight is 160 g/mol.